The molecule has 5 aromatic rings. The Morgan fingerprint density at radius 1 is 0.667 bits per heavy atom. The zero-order valence-electron chi connectivity index (χ0n) is 14.5. The molecule has 0 aliphatic heterocycles. The van der Waals surface area contributed by atoms with E-state index in [-0.39, 0.29) is 0 Å². The van der Waals surface area contributed by atoms with Gasteiger partial charge in [0.15, 0.2) is 5.82 Å². The van der Waals surface area contributed by atoms with E-state index in [0.29, 0.717) is 5.82 Å². The van der Waals surface area contributed by atoms with E-state index < -0.39 is 0 Å². The van der Waals surface area contributed by atoms with Crippen molar-refractivity contribution in [3.63, 3.8) is 0 Å². The van der Waals surface area contributed by atoms with Gasteiger partial charge in [-0.1, -0.05) is 72.8 Å². The highest BCUT2D eigenvalue weighted by atomic mass is 16.3. The predicted molar refractivity (Wildman–Crippen MR) is 112 cm³/mol. The van der Waals surface area contributed by atoms with Crippen molar-refractivity contribution in [1.29, 1.82) is 0 Å². The van der Waals surface area contributed by atoms with Crippen LogP contribution >= 0.6 is 0 Å². The van der Waals surface area contributed by atoms with E-state index in [1.165, 1.54) is 5.39 Å². The first kappa shape index (κ1) is 15.5. The van der Waals surface area contributed by atoms with Gasteiger partial charge in [0, 0.05) is 16.6 Å². The SMILES string of the molecule is O=Nc1c(-c2ccc3ccccc3c2)c2ccccc2n1-c1ccccc1. The van der Waals surface area contributed by atoms with E-state index >= 15 is 0 Å². The van der Waals surface area contributed by atoms with Gasteiger partial charge in [-0.2, -0.15) is 0 Å². The molecule has 0 N–H and O–H groups in total. The third-order valence-electron chi connectivity index (χ3n) is 4.99. The molecular formula is C24H16N2O. The van der Waals surface area contributed by atoms with Gasteiger partial charge < -0.3 is 0 Å². The Bertz CT molecular complexity index is 1290. The van der Waals surface area contributed by atoms with Crippen LogP contribution < -0.4 is 0 Å². The number of hydrogen-bond donors (Lipinski definition) is 0. The summed E-state index contributed by atoms with van der Waals surface area (Å²) in [5.41, 5.74) is 3.76. The highest BCUT2D eigenvalue weighted by molar-refractivity contribution is 6.05. The summed E-state index contributed by atoms with van der Waals surface area (Å²) in [5, 5.41) is 6.79. The van der Waals surface area contributed by atoms with E-state index in [1.54, 1.807) is 0 Å². The molecule has 0 saturated carbocycles. The molecule has 0 amide bonds. The molecule has 0 saturated heterocycles. The van der Waals surface area contributed by atoms with Crippen LogP contribution in [-0.4, -0.2) is 4.57 Å². The number of para-hydroxylation sites is 2. The summed E-state index contributed by atoms with van der Waals surface area (Å²) in [4.78, 5) is 12.0. The van der Waals surface area contributed by atoms with E-state index in [1.807, 2.05) is 71.3 Å². The van der Waals surface area contributed by atoms with Crippen molar-refractivity contribution >= 4 is 27.5 Å². The van der Waals surface area contributed by atoms with Crippen molar-refractivity contribution < 1.29 is 0 Å². The van der Waals surface area contributed by atoms with Gasteiger partial charge in [0.25, 0.3) is 0 Å². The Labute approximate surface area is 156 Å². The number of nitroso groups, excluding NO2 is 1. The molecule has 27 heavy (non-hydrogen) atoms. The van der Waals surface area contributed by atoms with Gasteiger partial charge in [-0.05, 0) is 45.8 Å². The second kappa shape index (κ2) is 6.22. The maximum absolute atomic E-state index is 12.0. The molecule has 1 heterocycles. The Hall–Kier alpha value is -3.72. The number of hydrogen-bond acceptors (Lipinski definition) is 2. The smallest absolute Gasteiger partial charge is 0.190 e. The third-order valence-corrected chi connectivity index (χ3v) is 4.99. The molecule has 0 radical (unpaired) electrons. The molecule has 0 atom stereocenters. The molecule has 5 rings (SSSR count). The fourth-order valence-electron chi connectivity index (χ4n) is 3.78. The Morgan fingerprint density at radius 2 is 1.37 bits per heavy atom. The van der Waals surface area contributed by atoms with E-state index in [4.69, 9.17) is 0 Å². The van der Waals surface area contributed by atoms with Crippen LogP contribution in [0.3, 0.4) is 0 Å². The third kappa shape index (κ3) is 2.44. The first-order chi connectivity index (χ1) is 13.4. The predicted octanol–water partition coefficient (Wildman–Crippen LogP) is 6.85. The molecule has 0 unspecified atom stereocenters. The van der Waals surface area contributed by atoms with Crippen LogP contribution in [0.15, 0.2) is 102 Å². The summed E-state index contributed by atoms with van der Waals surface area (Å²) in [6.07, 6.45) is 0. The minimum atomic E-state index is 0.428. The largest absolute Gasteiger partial charge is 0.291 e. The molecule has 0 aliphatic rings. The lowest BCUT2D eigenvalue weighted by Crippen LogP contribution is -1.92. The molecule has 0 fully saturated rings. The molecule has 4 aromatic carbocycles. The second-order valence-corrected chi connectivity index (χ2v) is 6.54. The fraction of sp³-hybridized carbons (Fsp3) is 0. The Morgan fingerprint density at radius 3 is 2.19 bits per heavy atom. The topological polar surface area (TPSA) is 34.4 Å². The minimum absolute atomic E-state index is 0.428. The van der Waals surface area contributed by atoms with Crippen LogP contribution in [-0.2, 0) is 0 Å². The quantitative estimate of drug-likeness (QED) is 0.328. The van der Waals surface area contributed by atoms with Gasteiger partial charge in [0.05, 0.1) is 5.52 Å². The average molecular weight is 348 g/mol. The van der Waals surface area contributed by atoms with Crippen molar-refractivity contribution in [2.45, 2.75) is 0 Å². The first-order valence-electron chi connectivity index (χ1n) is 8.88. The Balaban J connectivity index is 1.88. The van der Waals surface area contributed by atoms with Gasteiger partial charge in [-0.25, -0.2) is 0 Å². The van der Waals surface area contributed by atoms with Gasteiger partial charge in [0.1, 0.15) is 0 Å². The number of aromatic nitrogens is 1. The van der Waals surface area contributed by atoms with Crippen molar-refractivity contribution in [3.05, 3.63) is 102 Å². The van der Waals surface area contributed by atoms with Crippen LogP contribution in [0.2, 0.25) is 0 Å². The van der Waals surface area contributed by atoms with E-state index in [2.05, 4.69) is 35.5 Å². The first-order valence-corrected chi connectivity index (χ1v) is 8.88. The number of benzene rings is 4. The van der Waals surface area contributed by atoms with Crippen molar-refractivity contribution in [3.8, 4) is 16.8 Å². The fourth-order valence-corrected chi connectivity index (χ4v) is 3.78. The zero-order valence-corrected chi connectivity index (χ0v) is 14.5. The lowest BCUT2D eigenvalue weighted by Gasteiger charge is -2.07. The zero-order chi connectivity index (χ0) is 18.2. The highest BCUT2D eigenvalue weighted by Gasteiger charge is 2.20. The number of fused-ring (bicyclic) bond motifs is 2. The molecule has 0 aliphatic carbocycles. The molecular weight excluding hydrogens is 332 g/mol. The number of nitrogens with zero attached hydrogens (tertiary/aromatic N) is 2. The van der Waals surface area contributed by atoms with Crippen molar-refractivity contribution in [2.75, 3.05) is 0 Å². The van der Waals surface area contributed by atoms with Gasteiger partial charge >= 0.3 is 0 Å². The normalized spacial score (nSPS) is 11.1. The lowest BCUT2D eigenvalue weighted by molar-refractivity contribution is 1.11. The van der Waals surface area contributed by atoms with Crippen LogP contribution in [0.1, 0.15) is 0 Å². The standard InChI is InChI=1S/C24H16N2O/c27-25-24-23(19-15-14-17-8-4-5-9-18(17)16-19)21-12-6-7-13-22(21)26(24)20-10-2-1-3-11-20/h1-16H. The van der Waals surface area contributed by atoms with Crippen LogP contribution in [0.4, 0.5) is 5.82 Å². The van der Waals surface area contributed by atoms with E-state index in [0.717, 1.165) is 33.1 Å². The molecule has 128 valence electrons. The number of rotatable bonds is 3. The Kier molecular flexibility index (Phi) is 3.58. The lowest BCUT2D eigenvalue weighted by atomic mass is 10.00. The maximum Gasteiger partial charge on any atom is 0.190 e. The van der Waals surface area contributed by atoms with Gasteiger partial charge in [0.2, 0.25) is 0 Å². The monoisotopic (exact) mass is 348 g/mol. The van der Waals surface area contributed by atoms with Crippen molar-refractivity contribution in [1.82, 2.24) is 4.57 Å². The average Bonchev–Trinajstić information content (AvgIpc) is 3.08. The van der Waals surface area contributed by atoms with Crippen LogP contribution in [0.5, 0.6) is 0 Å². The second-order valence-electron chi connectivity index (χ2n) is 6.54. The molecule has 3 heteroatoms. The molecule has 0 spiro atoms. The van der Waals surface area contributed by atoms with Gasteiger partial charge in [-0.3, -0.25) is 4.57 Å². The van der Waals surface area contributed by atoms with Crippen molar-refractivity contribution in [2.24, 2.45) is 5.18 Å². The summed E-state index contributed by atoms with van der Waals surface area (Å²) >= 11 is 0. The maximum atomic E-state index is 12.0. The summed E-state index contributed by atoms with van der Waals surface area (Å²) in [7, 11) is 0. The van der Waals surface area contributed by atoms with Gasteiger partial charge in [-0.15, -0.1) is 4.91 Å². The molecule has 1 aromatic heterocycles. The van der Waals surface area contributed by atoms with E-state index in [9.17, 15) is 4.91 Å². The van der Waals surface area contributed by atoms with Crippen LogP contribution in [0.25, 0.3) is 38.5 Å². The molecule has 3 nitrogen and oxygen atoms in total. The summed E-state index contributed by atoms with van der Waals surface area (Å²) in [6, 6.07) is 32.5. The summed E-state index contributed by atoms with van der Waals surface area (Å²) in [5.74, 6) is 0.428. The summed E-state index contributed by atoms with van der Waals surface area (Å²) in [6.45, 7) is 0. The summed E-state index contributed by atoms with van der Waals surface area (Å²) < 4.78 is 1.94. The van der Waals surface area contributed by atoms with Crippen LogP contribution in [0, 0.1) is 4.91 Å². The minimum Gasteiger partial charge on any atom is -0.291 e. The highest BCUT2D eigenvalue weighted by Crippen LogP contribution is 2.42. The molecule has 0 bridgehead atoms.